The number of rotatable bonds is 4. The van der Waals surface area contributed by atoms with Gasteiger partial charge in [0.15, 0.2) is 11.5 Å². The van der Waals surface area contributed by atoms with Gasteiger partial charge in [0, 0.05) is 6.08 Å². The van der Waals surface area contributed by atoms with Crippen LogP contribution in [0, 0.1) is 0 Å². The molecule has 0 saturated heterocycles. The molecular weight excluding hydrogens is 214 g/mol. The molecule has 0 unspecified atom stereocenters. The Bertz CT molecular complexity index is 407. The van der Waals surface area contributed by atoms with Gasteiger partial charge in [0.1, 0.15) is 0 Å². The molecule has 0 heterocycles. The fourth-order valence-corrected chi connectivity index (χ4v) is 1.19. The van der Waals surface area contributed by atoms with Crippen LogP contribution in [-0.4, -0.2) is 14.2 Å². The fourth-order valence-electron chi connectivity index (χ4n) is 1.19. The molecule has 1 aromatic rings. The number of benzene rings is 1. The van der Waals surface area contributed by atoms with Crippen molar-refractivity contribution in [2.75, 3.05) is 14.2 Å². The molecular formula is C12H12F2O2. The minimum absolute atomic E-state index is 0.564. The van der Waals surface area contributed by atoms with E-state index in [2.05, 4.69) is 0 Å². The predicted molar refractivity (Wildman–Crippen MR) is 58.9 cm³/mol. The molecule has 0 radical (unpaired) electrons. The van der Waals surface area contributed by atoms with Crippen LogP contribution < -0.4 is 9.47 Å². The highest BCUT2D eigenvalue weighted by atomic mass is 19.3. The van der Waals surface area contributed by atoms with E-state index in [1.54, 1.807) is 24.3 Å². The van der Waals surface area contributed by atoms with E-state index in [4.69, 9.17) is 9.47 Å². The highest BCUT2D eigenvalue weighted by Crippen LogP contribution is 2.27. The first-order chi connectivity index (χ1) is 7.67. The van der Waals surface area contributed by atoms with Crippen molar-refractivity contribution in [1.29, 1.82) is 0 Å². The van der Waals surface area contributed by atoms with E-state index in [0.717, 1.165) is 11.6 Å². The number of methoxy groups -OCH3 is 2. The first kappa shape index (κ1) is 12.2. The number of hydrogen-bond acceptors (Lipinski definition) is 2. The molecule has 0 spiro atoms. The van der Waals surface area contributed by atoms with Crippen molar-refractivity contribution in [2.45, 2.75) is 0 Å². The van der Waals surface area contributed by atoms with Gasteiger partial charge in [-0.1, -0.05) is 18.2 Å². The van der Waals surface area contributed by atoms with E-state index in [-0.39, 0.29) is 0 Å². The third-order valence-electron chi connectivity index (χ3n) is 1.92. The van der Waals surface area contributed by atoms with Gasteiger partial charge >= 0.3 is 0 Å². The number of hydrogen-bond donors (Lipinski definition) is 0. The summed E-state index contributed by atoms with van der Waals surface area (Å²) in [4.78, 5) is 0. The average molecular weight is 226 g/mol. The SMILES string of the molecule is COc1ccc(/C=C/C=C(F)F)cc1OC. The van der Waals surface area contributed by atoms with Gasteiger partial charge in [-0.25, -0.2) is 0 Å². The molecule has 1 aromatic carbocycles. The van der Waals surface area contributed by atoms with Crippen LogP contribution in [0.15, 0.2) is 36.4 Å². The molecule has 0 fully saturated rings. The Morgan fingerprint density at radius 3 is 2.38 bits per heavy atom. The van der Waals surface area contributed by atoms with Crippen LogP contribution in [0.2, 0.25) is 0 Å². The van der Waals surface area contributed by atoms with Gasteiger partial charge in [0.25, 0.3) is 6.08 Å². The second kappa shape index (κ2) is 5.90. The molecule has 0 saturated carbocycles. The third-order valence-corrected chi connectivity index (χ3v) is 1.92. The van der Waals surface area contributed by atoms with Crippen LogP contribution in [0.25, 0.3) is 6.08 Å². The van der Waals surface area contributed by atoms with Crippen molar-refractivity contribution >= 4 is 6.08 Å². The Labute approximate surface area is 92.8 Å². The van der Waals surface area contributed by atoms with E-state index >= 15 is 0 Å². The molecule has 0 atom stereocenters. The van der Waals surface area contributed by atoms with Crippen LogP contribution >= 0.6 is 0 Å². The zero-order chi connectivity index (χ0) is 12.0. The maximum absolute atomic E-state index is 11.8. The standard InChI is InChI=1S/C12H12F2O2/c1-15-10-7-6-9(8-11(10)16-2)4-3-5-12(13)14/h3-8H,1-2H3/b4-3+. The highest BCUT2D eigenvalue weighted by molar-refractivity contribution is 5.56. The molecule has 86 valence electrons. The maximum Gasteiger partial charge on any atom is 0.270 e. The van der Waals surface area contributed by atoms with Crippen molar-refractivity contribution in [3.8, 4) is 11.5 Å². The molecule has 16 heavy (non-hydrogen) atoms. The lowest BCUT2D eigenvalue weighted by atomic mass is 10.2. The van der Waals surface area contributed by atoms with Gasteiger partial charge in [-0.15, -0.1) is 0 Å². The van der Waals surface area contributed by atoms with Gasteiger partial charge < -0.3 is 9.47 Å². The van der Waals surface area contributed by atoms with E-state index < -0.39 is 6.08 Å². The van der Waals surface area contributed by atoms with E-state index in [1.807, 2.05) is 0 Å². The summed E-state index contributed by atoms with van der Waals surface area (Å²) < 4.78 is 33.7. The van der Waals surface area contributed by atoms with Crippen LogP contribution in [0.5, 0.6) is 11.5 Å². The quantitative estimate of drug-likeness (QED) is 0.731. The summed E-state index contributed by atoms with van der Waals surface area (Å²) in [7, 11) is 3.06. The molecule has 2 nitrogen and oxygen atoms in total. The Morgan fingerprint density at radius 1 is 1.12 bits per heavy atom. The topological polar surface area (TPSA) is 18.5 Å². The Morgan fingerprint density at radius 2 is 1.81 bits per heavy atom. The minimum Gasteiger partial charge on any atom is -0.493 e. The van der Waals surface area contributed by atoms with Gasteiger partial charge in [-0.3, -0.25) is 0 Å². The summed E-state index contributed by atoms with van der Waals surface area (Å²) in [5.41, 5.74) is 0.759. The van der Waals surface area contributed by atoms with Crippen LogP contribution in [0.1, 0.15) is 5.56 Å². The monoisotopic (exact) mass is 226 g/mol. The van der Waals surface area contributed by atoms with Crippen molar-refractivity contribution in [3.05, 3.63) is 42.0 Å². The first-order valence-electron chi connectivity index (χ1n) is 4.58. The number of allylic oxidation sites excluding steroid dienone is 2. The summed E-state index contributed by atoms with van der Waals surface area (Å²) in [6.45, 7) is 0. The van der Waals surface area contributed by atoms with Crippen molar-refractivity contribution in [2.24, 2.45) is 0 Å². The first-order valence-corrected chi connectivity index (χ1v) is 4.58. The Kier molecular flexibility index (Phi) is 4.51. The summed E-state index contributed by atoms with van der Waals surface area (Å²) >= 11 is 0. The van der Waals surface area contributed by atoms with Gasteiger partial charge in [0.05, 0.1) is 14.2 Å². The second-order valence-corrected chi connectivity index (χ2v) is 2.93. The number of halogens is 2. The lowest BCUT2D eigenvalue weighted by molar-refractivity contribution is 0.355. The van der Waals surface area contributed by atoms with Crippen LogP contribution in [0.4, 0.5) is 8.78 Å². The lowest BCUT2D eigenvalue weighted by Gasteiger charge is -2.07. The largest absolute Gasteiger partial charge is 0.493 e. The van der Waals surface area contributed by atoms with E-state index in [0.29, 0.717) is 11.5 Å². The summed E-state index contributed by atoms with van der Waals surface area (Å²) in [5, 5.41) is 0. The van der Waals surface area contributed by atoms with Crippen molar-refractivity contribution in [3.63, 3.8) is 0 Å². The molecule has 0 aliphatic heterocycles. The van der Waals surface area contributed by atoms with Gasteiger partial charge in [-0.2, -0.15) is 8.78 Å². The van der Waals surface area contributed by atoms with Gasteiger partial charge in [0.2, 0.25) is 0 Å². The van der Waals surface area contributed by atoms with Crippen molar-refractivity contribution in [1.82, 2.24) is 0 Å². The molecule has 0 aliphatic carbocycles. The smallest absolute Gasteiger partial charge is 0.270 e. The molecule has 0 aromatic heterocycles. The van der Waals surface area contributed by atoms with Crippen molar-refractivity contribution < 1.29 is 18.3 Å². The Balaban J connectivity index is 2.91. The zero-order valence-electron chi connectivity index (χ0n) is 9.04. The number of ether oxygens (including phenoxy) is 2. The molecule has 0 aliphatic rings. The normalized spacial score (nSPS) is 10.2. The van der Waals surface area contributed by atoms with Crippen LogP contribution in [-0.2, 0) is 0 Å². The fraction of sp³-hybridized carbons (Fsp3) is 0.167. The average Bonchev–Trinajstić information content (AvgIpc) is 2.28. The summed E-state index contributed by atoms with van der Waals surface area (Å²) in [5.74, 6) is 1.17. The maximum atomic E-state index is 11.8. The van der Waals surface area contributed by atoms with Gasteiger partial charge in [-0.05, 0) is 17.7 Å². The Hall–Kier alpha value is -1.84. The third kappa shape index (κ3) is 3.38. The summed E-state index contributed by atoms with van der Waals surface area (Å²) in [6, 6.07) is 5.18. The predicted octanol–water partition coefficient (Wildman–Crippen LogP) is 3.50. The zero-order valence-corrected chi connectivity index (χ0v) is 9.04. The second-order valence-electron chi connectivity index (χ2n) is 2.93. The lowest BCUT2D eigenvalue weighted by Crippen LogP contribution is -1.90. The van der Waals surface area contributed by atoms with Crippen LogP contribution in [0.3, 0.4) is 0 Å². The molecule has 0 N–H and O–H groups in total. The molecule has 4 heteroatoms. The molecule has 1 rings (SSSR count). The molecule has 0 bridgehead atoms. The summed E-state index contributed by atoms with van der Waals surface area (Å²) in [6.07, 6.45) is 1.84. The highest BCUT2D eigenvalue weighted by Gasteiger charge is 2.02. The molecule has 0 amide bonds. The van der Waals surface area contributed by atoms with E-state index in [9.17, 15) is 8.78 Å². The van der Waals surface area contributed by atoms with E-state index in [1.165, 1.54) is 20.3 Å². The minimum atomic E-state index is -1.73.